The van der Waals surface area contributed by atoms with E-state index in [4.69, 9.17) is 0 Å². The lowest BCUT2D eigenvalue weighted by Crippen LogP contribution is -2.21. The van der Waals surface area contributed by atoms with E-state index in [1.165, 1.54) is 11.3 Å². The van der Waals surface area contributed by atoms with Crippen LogP contribution < -0.4 is 10.2 Å². The largest absolute Gasteiger partial charge is 0.372 e. The van der Waals surface area contributed by atoms with Crippen molar-refractivity contribution < 1.29 is 4.79 Å². The van der Waals surface area contributed by atoms with Crippen LogP contribution >= 0.6 is 0 Å². The topological polar surface area (TPSA) is 32.3 Å². The molecule has 0 aliphatic heterocycles. The van der Waals surface area contributed by atoms with Gasteiger partial charge < -0.3 is 10.2 Å². The minimum atomic E-state index is -0.124. The molecule has 0 radical (unpaired) electrons. The van der Waals surface area contributed by atoms with Crippen molar-refractivity contribution in [3.8, 4) is 0 Å². The van der Waals surface area contributed by atoms with Crippen LogP contribution in [0.15, 0.2) is 54.6 Å². The van der Waals surface area contributed by atoms with Gasteiger partial charge in [-0.15, -0.1) is 0 Å². The molecule has 0 aliphatic carbocycles. The van der Waals surface area contributed by atoms with Gasteiger partial charge in [-0.1, -0.05) is 29.8 Å². The first-order valence-electron chi connectivity index (χ1n) is 8.03. The van der Waals surface area contributed by atoms with E-state index in [0.717, 1.165) is 24.3 Å². The molecule has 120 valence electrons. The third-order valence-corrected chi connectivity index (χ3v) is 3.77. The number of benzene rings is 2. The molecule has 0 heterocycles. The summed E-state index contributed by atoms with van der Waals surface area (Å²) in [5.41, 5.74) is 4.20. The Balaban J connectivity index is 1.96. The molecule has 0 bridgehead atoms. The second kappa shape index (κ2) is 8.18. The van der Waals surface area contributed by atoms with Crippen LogP contribution in [-0.4, -0.2) is 19.0 Å². The van der Waals surface area contributed by atoms with Crippen LogP contribution in [0.25, 0.3) is 6.08 Å². The van der Waals surface area contributed by atoms with Crippen LogP contribution in [0.3, 0.4) is 0 Å². The molecular formula is C20H24N2O. The number of nitrogens with zero attached hydrogens (tertiary/aromatic N) is 1. The molecule has 2 rings (SSSR count). The van der Waals surface area contributed by atoms with Gasteiger partial charge in [0.05, 0.1) is 0 Å². The number of nitrogens with one attached hydrogen (secondary N) is 1. The Morgan fingerprint density at radius 2 is 1.61 bits per heavy atom. The summed E-state index contributed by atoms with van der Waals surface area (Å²) < 4.78 is 0. The fourth-order valence-electron chi connectivity index (χ4n) is 2.38. The summed E-state index contributed by atoms with van der Waals surface area (Å²) in [6.45, 7) is 8.26. The highest BCUT2D eigenvalue weighted by molar-refractivity contribution is 6.02. The summed E-state index contributed by atoms with van der Waals surface area (Å²) in [5.74, 6) is -0.124. The molecule has 0 aromatic heterocycles. The highest BCUT2D eigenvalue weighted by Crippen LogP contribution is 2.17. The van der Waals surface area contributed by atoms with Gasteiger partial charge in [-0.25, -0.2) is 0 Å². The van der Waals surface area contributed by atoms with Crippen molar-refractivity contribution in [1.82, 2.24) is 0 Å². The number of carbonyl (C=O) groups is 1. The number of rotatable bonds is 6. The first-order valence-corrected chi connectivity index (χ1v) is 8.03. The molecule has 3 heteroatoms. The second-order valence-electron chi connectivity index (χ2n) is 5.45. The zero-order chi connectivity index (χ0) is 16.7. The maximum absolute atomic E-state index is 12.0. The number of carbonyl (C=O) groups excluding carboxylic acids is 1. The number of anilines is 2. The molecule has 1 amide bonds. The van der Waals surface area contributed by atoms with E-state index in [1.54, 1.807) is 6.08 Å². The smallest absolute Gasteiger partial charge is 0.248 e. The van der Waals surface area contributed by atoms with Crippen molar-refractivity contribution in [2.75, 3.05) is 23.3 Å². The minimum Gasteiger partial charge on any atom is -0.372 e. The van der Waals surface area contributed by atoms with E-state index < -0.39 is 0 Å². The van der Waals surface area contributed by atoms with E-state index in [1.807, 2.05) is 61.5 Å². The average Bonchev–Trinajstić information content (AvgIpc) is 2.57. The summed E-state index contributed by atoms with van der Waals surface area (Å²) in [6.07, 6.45) is 3.38. The Bertz CT molecular complexity index is 653. The summed E-state index contributed by atoms with van der Waals surface area (Å²) >= 11 is 0. The molecule has 0 fully saturated rings. The van der Waals surface area contributed by atoms with Crippen LogP contribution in [0, 0.1) is 6.92 Å². The lowest BCUT2D eigenvalue weighted by atomic mass is 10.1. The van der Waals surface area contributed by atoms with Crippen molar-refractivity contribution in [3.05, 3.63) is 65.7 Å². The van der Waals surface area contributed by atoms with Gasteiger partial charge in [0.2, 0.25) is 5.91 Å². The highest BCUT2D eigenvalue weighted by atomic mass is 16.1. The number of hydrogen-bond acceptors (Lipinski definition) is 2. The van der Waals surface area contributed by atoms with Gasteiger partial charge in [0, 0.05) is 30.5 Å². The molecule has 0 saturated carbocycles. The van der Waals surface area contributed by atoms with Crippen molar-refractivity contribution in [2.24, 2.45) is 0 Å². The maximum atomic E-state index is 12.0. The standard InChI is InChI=1S/C20H24N2O/c1-4-22(5-2)19-13-11-18(12-14-19)21-20(23)15-10-17-8-6-16(3)7-9-17/h6-15H,4-5H2,1-3H3,(H,21,23). The zero-order valence-corrected chi connectivity index (χ0v) is 14.0. The van der Waals surface area contributed by atoms with Crippen molar-refractivity contribution >= 4 is 23.4 Å². The summed E-state index contributed by atoms with van der Waals surface area (Å²) in [7, 11) is 0. The molecule has 0 unspecified atom stereocenters. The van der Waals surface area contributed by atoms with Gasteiger partial charge in [0.25, 0.3) is 0 Å². The van der Waals surface area contributed by atoms with Crippen molar-refractivity contribution in [1.29, 1.82) is 0 Å². The highest BCUT2D eigenvalue weighted by Gasteiger charge is 2.02. The Morgan fingerprint density at radius 3 is 2.17 bits per heavy atom. The maximum Gasteiger partial charge on any atom is 0.248 e. The molecule has 0 atom stereocenters. The van der Waals surface area contributed by atoms with Crippen LogP contribution in [0.2, 0.25) is 0 Å². The van der Waals surface area contributed by atoms with Gasteiger partial charge in [-0.2, -0.15) is 0 Å². The minimum absolute atomic E-state index is 0.124. The molecule has 0 aliphatic rings. The van der Waals surface area contributed by atoms with Gasteiger partial charge in [0.15, 0.2) is 0 Å². The Labute approximate surface area is 138 Å². The molecule has 23 heavy (non-hydrogen) atoms. The van der Waals surface area contributed by atoms with Gasteiger partial charge in [-0.3, -0.25) is 4.79 Å². The third-order valence-electron chi connectivity index (χ3n) is 3.77. The molecule has 2 aromatic rings. The summed E-state index contributed by atoms with van der Waals surface area (Å²) in [4.78, 5) is 14.2. The van der Waals surface area contributed by atoms with Gasteiger partial charge in [-0.05, 0) is 56.7 Å². The van der Waals surface area contributed by atoms with Gasteiger partial charge >= 0.3 is 0 Å². The van der Waals surface area contributed by atoms with Crippen molar-refractivity contribution in [2.45, 2.75) is 20.8 Å². The quantitative estimate of drug-likeness (QED) is 0.797. The summed E-state index contributed by atoms with van der Waals surface area (Å²) in [6, 6.07) is 16.0. The lowest BCUT2D eigenvalue weighted by molar-refractivity contribution is -0.111. The number of amides is 1. The monoisotopic (exact) mass is 308 g/mol. The fraction of sp³-hybridized carbons (Fsp3) is 0.250. The van der Waals surface area contributed by atoms with Gasteiger partial charge in [0.1, 0.15) is 0 Å². The van der Waals surface area contributed by atoms with E-state index in [2.05, 4.69) is 24.1 Å². The molecule has 2 aromatic carbocycles. The van der Waals surface area contributed by atoms with Crippen LogP contribution in [-0.2, 0) is 4.79 Å². The Hall–Kier alpha value is -2.55. The third kappa shape index (κ3) is 4.99. The fourth-order valence-corrected chi connectivity index (χ4v) is 2.38. The molecule has 3 nitrogen and oxygen atoms in total. The average molecular weight is 308 g/mol. The van der Waals surface area contributed by atoms with E-state index >= 15 is 0 Å². The number of hydrogen-bond donors (Lipinski definition) is 1. The zero-order valence-electron chi connectivity index (χ0n) is 14.0. The molecule has 0 spiro atoms. The normalized spacial score (nSPS) is 10.7. The van der Waals surface area contributed by atoms with Crippen molar-refractivity contribution in [3.63, 3.8) is 0 Å². The van der Waals surface area contributed by atoms with E-state index in [9.17, 15) is 4.79 Å². The van der Waals surface area contributed by atoms with E-state index in [0.29, 0.717) is 0 Å². The molecule has 0 saturated heterocycles. The molecule has 1 N–H and O–H groups in total. The lowest BCUT2D eigenvalue weighted by Gasteiger charge is -2.21. The predicted molar refractivity (Wildman–Crippen MR) is 98.8 cm³/mol. The SMILES string of the molecule is CCN(CC)c1ccc(NC(=O)C=Cc2ccc(C)cc2)cc1. The van der Waals surface area contributed by atoms with Crippen LogP contribution in [0.1, 0.15) is 25.0 Å². The first kappa shape index (κ1) is 16.8. The second-order valence-corrected chi connectivity index (χ2v) is 5.45. The number of aryl methyl sites for hydroxylation is 1. The van der Waals surface area contributed by atoms with Crippen LogP contribution in [0.4, 0.5) is 11.4 Å². The predicted octanol–water partition coefficient (Wildman–Crippen LogP) is 4.49. The van der Waals surface area contributed by atoms with E-state index in [-0.39, 0.29) is 5.91 Å². The Morgan fingerprint density at radius 1 is 1.00 bits per heavy atom. The van der Waals surface area contributed by atoms with Crippen LogP contribution in [0.5, 0.6) is 0 Å². The Kier molecular flexibility index (Phi) is 5.98. The first-order chi connectivity index (χ1) is 11.1. The molecular weight excluding hydrogens is 284 g/mol. The summed E-state index contributed by atoms with van der Waals surface area (Å²) in [5, 5.41) is 2.88.